The summed E-state index contributed by atoms with van der Waals surface area (Å²) in [5, 5.41) is 12.6. The van der Waals surface area contributed by atoms with Crippen LogP contribution in [0.1, 0.15) is 21.5 Å². The van der Waals surface area contributed by atoms with Gasteiger partial charge in [-0.1, -0.05) is 47.4 Å². The van der Waals surface area contributed by atoms with Gasteiger partial charge in [0.25, 0.3) is 17.1 Å². The van der Waals surface area contributed by atoms with Gasteiger partial charge in [0, 0.05) is 11.3 Å². The molecule has 180 valence electrons. The zero-order valence-electron chi connectivity index (χ0n) is 17.3. The van der Waals surface area contributed by atoms with Crippen LogP contribution in [0.2, 0.25) is 0 Å². The molecule has 1 fully saturated rings. The first-order valence-electron chi connectivity index (χ1n) is 9.62. The van der Waals surface area contributed by atoms with Crippen molar-refractivity contribution in [1.29, 1.82) is 0 Å². The van der Waals surface area contributed by atoms with Crippen LogP contribution in [0.5, 0.6) is 5.75 Å². The van der Waals surface area contributed by atoms with Crippen molar-refractivity contribution in [3.05, 3.63) is 70.1 Å². The number of nitrogens with zero attached hydrogens (tertiary/aromatic N) is 2. The molecule has 0 spiro atoms. The number of halogens is 3. The number of imide groups is 1. The Morgan fingerprint density at radius 2 is 1.80 bits per heavy atom. The van der Waals surface area contributed by atoms with Crippen LogP contribution in [0.4, 0.5) is 23.1 Å². The zero-order valence-corrected chi connectivity index (χ0v) is 19.7. The van der Waals surface area contributed by atoms with E-state index in [0.717, 1.165) is 28.7 Å². The molecule has 4 rings (SSSR count). The Bertz CT molecular complexity index is 1290. The highest BCUT2D eigenvalue weighted by Gasteiger charge is 2.31. The quantitative estimate of drug-likeness (QED) is 0.237. The monoisotopic (exact) mass is 538 g/mol. The van der Waals surface area contributed by atoms with Crippen LogP contribution < -0.4 is 15.4 Å². The summed E-state index contributed by atoms with van der Waals surface area (Å²) in [4.78, 5) is 35.6. The van der Waals surface area contributed by atoms with Crippen LogP contribution >= 0.6 is 34.9 Å². The molecule has 2 N–H and O–H groups in total. The minimum absolute atomic E-state index is 0.275. The Morgan fingerprint density at radius 3 is 2.43 bits per heavy atom. The van der Waals surface area contributed by atoms with Crippen LogP contribution in [0.15, 0.2) is 57.8 Å². The van der Waals surface area contributed by atoms with Crippen molar-refractivity contribution in [2.75, 3.05) is 5.32 Å². The zero-order chi connectivity index (χ0) is 25.0. The molecule has 0 radical (unpaired) electrons. The Hall–Kier alpha value is -3.36. The lowest BCUT2D eigenvalue weighted by atomic mass is 10.1. The van der Waals surface area contributed by atoms with Crippen LogP contribution in [-0.4, -0.2) is 33.6 Å². The van der Waals surface area contributed by atoms with E-state index in [-0.39, 0.29) is 15.8 Å². The molecule has 1 saturated heterocycles. The van der Waals surface area contributed by atoms with E-state index >= 15 is 0 Å². The van der Waals surface area contributed by atoms with Gasteiger partial charge in [0.2, 0.25) is 5.13 Å². The summed E-state index contributed by atoms with van der Waals surface area (Å²) in [6.45, 7) is 0. The van der Waals surface area contributed by atoms with Crippen LogP contribution in [-0.2, 0) is 10.5 Å². The lowest BCUT2D eigenvalue weighted by Gasteiger charge is -2.08. The largest absolute Gasteiger partial charge is 0.573 e. The molecule has 0 unspecified atom stereocenters. The number of ether oxygens (including phenoxy) is 1. The fourth-order valence-corrected chi connectivity index (χ4v) is 5.11. The van der Waals surface area contributed by atoms with Crippen molar-refractivity contribution in [2.24, 2.45) is 0 Å². The van der Waals surface area contributed by atoms with Gasteiger partial charge in [-0.3, -0.25) is 25.0 Å². The summed E-state index contributed by atoms with van der Waals surface area (Å²) >= 11 is 3.28. The molecule has 1 aliphatic heterocycles. The minimum atomic E-state index is -4.74. The van der Waals surface area contributed by atoms with Gasteiger partial charge in [0.05, 0.1) is 4.91 Å². The molecule has 14 heteroatoms. The summed E-state index contributed by atoms with van der Waals surface area (Å²) in [6.07, 6.45) is -3.19. The molecular weight excluding hydrogens is 525 g/mol. The van der Waals surface area contributed by atoms with E-state index in [1.165, 1.54) is 36.0 Å². The standard InChI is InChI=1S/C21H13F3N4O4S3/c22-21(23,24)32-14-7-3-12(4-8-14)10-33-20-28-27-18(35-20)25-16(29)13-5-1-11(2-6-13)9-15-17(30)26-19(31)34-15/h1-9H,10H2,(H,25,27,29)(H,26,30,31)/b15-9+. The first kappa shape index (κ1) is 24.8. The molecule has 2 heterocycles. The number of rotatable bonds is 7. The maximum Gasteiger partial charge on any atom is 0.573 e. The van der Waals surface area contributed by atoms with Gasteiger partial charge in [0.15, 0.2) is 4.34 Å². The number of carbonyl (C=O) groups excluding carboxylic acids is 3. The van der Waals surface area contributed by atoms with Crippen LogP contribution in [0, 0.1) is 0 Å². The number of benzene rings is 2. The summed E-state index contributed by atoms with van der Waals surface area (Å²) in [7, 11) is 0. The SMILES string of the molecule is O=C1NC(=O)/C(=C\c2ccc(C(=O)Nc3nnc(SCc4ccc(OC(F)(F)F)cc4)s3)cc2)S1. The van der Waals surface area contributed by atoms with Gasteiger partial charge < -0.3 is 4.74 Å². The third-order valence-corrected chi connectivity index (χ3v) is 7.11. The summed E-state index contributed by atoms with van der Waals surface area (Å²) < 4.78 is 41.1. The number of thioether (sulfide) groups is 2. The van der Waals surface area contributed by atoms with E-state index in [4.69, 9.17) is 0 Å². The average molecular weight is 539 g/mol. The highest BCUT2D eigenvalue weighted by molar-refractivity contribution is 8.18. The van der Waals surface area contributed by atoms with Gasteiger partial charge in [-0.25, -0.2) is 0 Å². The van der Waals surface area contributed by atoms with Gasteiger partial charge >= 0.3 is 6.36 Å². The topological polar surface area (TPSA) is 110 Å². The summed E-state index contributed by atoms with van der Waals surface area (Å²) in [5.74, 6) is -0.720. The molecular formula is C21H13F3N4O4S3. The van der Waals surface area contributed by atoms with E-state index in [1.807, 2.05) is 0 Å². The molecule has 1 aliphatic rings. The fraction of sp³-hybridized carbons (Fsp3) is 0.0952. The van der Waals surface area contributed by atoms with E-state index in [1.54, 1.807) is 30.3 Å². The van der Waals surface area contributed by atoms with Crippen molar-refractivity contribution in [3.63, 3.8) is 0 Å². The average Bonchev–Trinajstić information content (AvgIpc) is 3.37. The summed E-state index contributed by atoms with van der Waals surface area (Å²) in [5.41, 5.74) is 1.78. The van der Waals surface area contributed by atoms with Crippen molar-refractivity contribution in [1.82, 2.24) is 15.5 Å². The lowest BCUT2D eigenvalue weighted by Crippen LogP contribution is -2.17. The van der Waals surface area contributed by atoms with Crippen molar-refractivity contribution < 1.29 is 32.3 Å². The minimum Gasteiger partial charge on any atom is -0.406 e. The van der Waals surface area contributed by atoms with Crippen molar-refractivity contribution >= 4 is 63.1 Å². The first-order valence-corrected chi connectivity index (χ1v) is 12.2. The Labute approximate surface area is 208 Å². The Balaban J connectivity index is 1.30. The van der Waals surface area contributed by atoms with Crippen LogP contribution in [0.3, 0.4) is 0 Å². The molecule has 3 aromatic rings. The number of nitrogens with one attached hydrogen (secondary N) is 2. The maximum absolute atomic E-state index is 12.5. The number of amides is 3. The number of alkyl halides is 3. The molecule has 0 saturated carbocycles. The second-order valence-corrected chi connectivity index (χ2v) is 10.00. The molecule has 0 atom stereocenters. The second-order valence-electron chi connectivity index (χ2n) is 6.78. The third-order valence-electron chi connectivity index (χ3n) is 4.26. The highest BCUT2D eigenvalue weighted by Crippen LogP contribution is 2.30. The van der Waals surface area contributed by atoms with E-state index in [9.17, 15) is 27.6 Å². The molecule has 0 aliphatic carbocycles. The molecule has 2 aromatic carbocycles. The third kappa shape index (κ3) is 7.07. The summed E-state index contributed by atoms with van der Waals surface area (Å²) in [6, 6.07) is 11.9. The molecule has 35 heavy (non-hydrogen) atoms. The van der Waals surface area contributed by atoms with Gasteiger partial charge in [-0.2, -0.15) is 0 Å². The number of hydrogen-bond donors (Lipinski definition) is 2. The van der Waals surface area contributed by atoms with Crippen molar-refractivity contribution in [2.45, 2.75) is 16.5 Å². The van der Waals surface area contributed by atoms with E-state index in [2.05, 4.69) is 25.6 Å². The second kappa shape index (κ2) is 10.5. The highest BCUT2D eigenvalue weighted by atomic mass is 32.2. The van der Waals surface area contributed by atoms with Gasteiger partial charge in [-0.05, 0) is 53.2 Å². The normalized spacial score (nSPS) is 14.8. The smallest absolute Gasteiger partial charge is 0.406 e. The molecule has 1 aromatic heterocycles. The number of aromatic nitrogens is 2. The Kier molecular flexibility index (Phi) is 7.42. The first-order chi connectivity index (χ1) is 16.6. The predicted molar refractivity (Wildman–Crippen MR) is 126 cm³/mol. The van der Waals surface area contributed by atoms with Gasteiger partial charge in [0.1, 0.15) is 5.75 Å². The molecule has 0 bridgehead atoms. The predicted octanol–water partition coefficient (Wildman–Crippen LogP) is 5.31. The van der Waals surface area contributed by atoms with E-state index < -0.39 is 23.4 Å². The van der Waals surface area contributed by atoms with E-state index in [0.29, 0.717) is 21.2 Å². The number of anilines is 1. The molecule has 3 amide bonds. The maximum atomic E-state index is 12.5. The van der Waals surface area contributed by atoms with Gasteiger partial charge in [-0.15, -0.1) is 23.4 Å². The number of carbonyl (C=O) groups is 3. The fourth-order valence-electron chi connectivity index (χ4n) is 2.72. The Morgan fingerprint density at radius 1 is 1.09 bits per heavy atom. The van der Waals surface area contributed by atoms with Crippen LogP contribution in [0.25, 0.3) is 6.08 Å². The lowest BCUT2D eigenvalue weighted by molar-refractivity contribution is -0.274. The molecule has 8 nitrogen and oxygen atoms in total. The number of hydrogen-bond acceptors (Lipinski definition) is 9. The van der Waals surface area contributed by atoms with Crippen molar-refractivity contribution in [3.8, 4) is 5.75 Å².